The fourth-order valence-corrected chi connectivity index (χ4v) is 4.35. The molecule has 100 valence electrons. The van der Waals surface area contributed by atoms with Crippen molar-refractivity contribution >= 4 is 75.5 Å². The van der Waals surface area contributed by atoms with E-state index in [1.807, 2.05) is 12.1 Å². The van der Waals surface area contributed by atoms with E-state index in [4.69, 9.17) is 0 Å². The maximum Gasteiger partial charge on any atom is 0.130 e. The molecule has 0 saturated carbocycles. The number of halogens is 4. The fraction of sp³-hybridized carbons (Fsp3) is 0. The third kappa shape index (κ3) is 3.69. The molecule has 0 radical (unpaired) electrons. The van der Waals surface area contributed by atoms with Gasteiger partial charge < -0.3 is 10.2 Å². The molecule has 0 aliphatic heterocycles. The Kier molecular flexibility index (Phi) is 5.28. The van der Waals surface area contributed by atoms with Crippen LogP contribution in [0.1, 0.15) is 0 Å². The maximum atomic E-state index is 9.59. The lowest BCUT2D eigenvalue weighted by Crippen LogP contribution is -1.81. The highest BCUT2D eigenvalue weighted by Crippen LogP contribution is 2.43. The third-order valence-corrected chi connectivity index (χ3v) is 6.45. The standard InChI is InChI=1S/C12H6Br4O2S/c13-5-3-11(7(15)1-9(5)17)19-12-4-6(14)10(18)2-8(12)16/h1-4,17-18H. The van der Waals surface area contributed by atoms with Crippen LogP contribution in [0.25, 0.3) is 0 Å². The van der Waals surface area contributed by atoms with Crippen molar-refractivity contribution in [1.82, 2.24) is 0 Å². The maximum absolute atomic E-state index is 9.59. The van der Waals surface area contributed by atoms with Gasteiger partial charge in [-0.15, -0.1) is 0 Å². The minimum absolute atomic E-state index is 0.183. The molecule has 7 heteroatoms. The summed E-state index contributed by atoms with van der Waals surface area (Å²) in [5.41, 5.74) is 0. The molecule has 0 spiro atoms. The zero-order valence-corrected chi connectivity index (χ0v) is 16.3. The largest absolute Gasteiger partial charge is 0.507 e. The minimum atomic E-state index is 0.183. The van der Waals surface area contributed by atoms with Crippen LogP contribution in [0.15, 0.2) is 51.9 Å². The van der Waals surface area contributed by atoms with Crippen molar-refractivity contribution in [2.75, 3.05) is 0 Å². The Bertz CT molecular complexity index is 591. The van der Waals surface area contributed by atoms with Gasteiger partial charge in [0.05, 0.1) is 8.95 Å². The summed E-state index contributed by atoms with van der Waals surface area (Å²) in [6.07, 6.45) is 0. The Balaban J connectivity index is 2.42. The Morgan fingerprint density at radius 1 is 0.632 bits per heavy atom. The van der Waals surface area contributed by atoms with Crippen LogP contribution in [0.5, 0.6) is 11.5 Å². The third-order valence-electron chi connectivity index (χ3n) is 2.22. The highest BCUT2D eigenvalue weighted by atomic mass is 79.9. The summed E-state index contributed by atoms with van der Waals surface area (Å²) in [5, 5.41) is 19.2. The second kappa shape index (κ2) is 6.39. The lowest BCUT2D eigenvalue weighted by atomic mass is 10.3. The molecule has 0 atom stereocenters. The van der Waals surface area contributed by atoms with Crippen LogP contribution in [0.4, 0.5) is 0 Å². The molecular formula is C12H6Br4O2S. The van der Waals surface area contributed by atoms with Gasteiger partial charge in [0.15, 0.2) is 0 Å². The number of benzene rings is 2. The molecule has 2 aromatic carbocycles. The van der Waals surface area contributed by atoms with Crippen LogP contribution in [-0.2, 0) is 0 Å². The van der Waals surface area contributed by atoms with E-state index in [2.05, 4.69) is 63.7 Å². The highest BCUT2D eigenvalue weighted by Gasteiger charge is 2.11. The molecule has 0 amide bonds. The van der Waals surface area contributed by atoms with Gasteiger partial charge in [0.1, 0.15) is 11.5 Å². The summed E-state index contributed by atoms with van der Waals surface area (Å²) in [7, 11) is 0. The van der Waals surface area contributed by atoms with Crippen molar-refractivity contribution in [3.05, 3.63) is 42.2 Å². The number of phenolic OH excluding ortho intramolecular Hbond substituents is 2. The molecule has 0 heterocycles. The van der Waals surface area contributed by atoms with Crippen molar-refractivity contribution in [1.29, 1.82) is 0 Å². The van der Waals surface area contributed by atoms with Crippen molar-refractivity contribution in [2.24, 2.45) is 0 Å². The van der Waals surface area contributed by atoms with Crippen LogP contribution in [0, 0.1) is 0 Å². The van der Waals surface area contributed by atoms with Crippen LogP contribution in [0.3, 0.4) is 0 Å². The van der Waals surface area contributed by atoms with Gasteiger partial charge in [-0.05, 0) is 88.0 Å². The van der Waals surface area contributed by atoms with Gasteiger partial charge in [-0.25, -0.2) is 0 Å². The summed E-state index contributed by atoms with van der Waals surface area (Å²) in [6, 6.07) is 6.93. The Hall–Kier alpha value is 0.310. The first-order valence-corrected chi connectivity index (χ1v) is 8.91. The van der Waals surface area contributed by atoms with Gasteiger partial charge in [0.25, 0.3) is 0 Å². The first-order valence-electron chi connectivity index (χ1n) is 4.92. The molecule has 2 aromatic rings. The van der Waals surface area contributed by atoms with Gasteiger partial charge >= 0.3 is 0 Å². The van der Waals surface area contributed by atoms with E-state index in [-0.39, 0.29) is 11.5 Å². The van der Waals surface area contributed by atoms with Gasteiger partial charge in [-0.3, -0.25) is 0 Å². The van der Waals surface area contributed by atoms with E-state index >= 15 is 0 Å². The Labute approximate surface area is 148 Å². The zero-order valence-electron chi connectivity index (χ0n) is 9.12. The number of aromatic hydroxyl groups is 2. The molecule has 0 aliphatic carbocycles. The quantitative estimate of drug-likeness (QED) is 0.476. The van der Waals surface area contributed by atoms with Crippen LogP contribution >= 0.6 is 75.5 Å². The molecule has 2 N–H and O–H groups in total. The van der Waals surface area contributed by atoms with Gasteiger partial charge in [-0.2, -0.15) is 0 Å². The van der Waals surface area contributed by atoms with Crippen LogP contribution in [-0.4, -0.2) is 10.2 Å². The van der Waals surface area contributed by atoms with Gasteiger partial charge in [0.2, 0.25) is 0 Å². The van der Waals surface area contributed by atoms with E-state index in [0.717, 1.165) is 18.7 Å². The number of hydrogen-bond acceptors (Lipinski definition) is 3. The average molecular weight is 534 g/mol. The smallest absolute Gasteiger partial charge is 0.130 e. The topological polar surface area (TPSA) is 40.5 Å². The van der Waals surface area contributed by atoms with Gasteiger partial charge in [-0.1, -0.05) is 11.8 Å². The van der Waals surface area contributed by atoms with Crippen molar-refractivity contribution in [3.8, 4) is 11.5 Å². The van der Waals surface area contributed by atoms with Gasteiger partial charge in [0, 0.05) is 18.7 Å². The Morgan fingerprint density at radius 2 is 1.00 bits per heavy atom. The molecule has 0 aliphatic rings. The van der Waals surface area contributed by atoms with E-state index in [1.54, 1.807) is 12.1 Å². The second-order valence-corrected chi connectivity index (χ2v) is 8.07. The van der Waals surface area contributed by atoms with Crippen LogP contribution in [0.2, 0.25) is 0 Å². The summed E-state index contributed by atoms with van der Waals surface area (Å²) in [5.74, 6) is 0.365. The normalized spacial score (nSPS) is 10.7. The predicted molar refractivity (Wildman–Crippen MR) is 91.1 cm³/mol. The van der Waals surface area contributed by atoms with E-state index < -0.39 is 0 Å². The number of rotatable bonds is 2. The summed E-state index contributed by atoms with van der Waals surface area (Å²) >= 11 is 14.9. The fourth-order valence-electron chi connectivity index (χ4n) is 1.31. The van der Waals surface area contributed by atoms with Crippen molar-refractivity contribution < 1.29 is 10.2 Å². The highest BCUT2D eigenvalue weighted by molar-refractivity contribution is 9.11. The van der Waals surface area contributed by atoms with E-state index in [0.29, 0.717) is 8.95 Å². The van der Waals surface area contributed by atoms with E-state index in [9.17, 15) is 10.2 Å². The Morgan fingerprint density at radius 3 is 1.37 bits per heavy atom. The lowest BCUT2D eigenvalue weighted by Gasteiger charge is -2.09. The summed E-state index contributed by atoms with van der Waals surface area (Å²) in [6.45, 7) is 0. The van der Waals surface area contributed by atoms with Crippen molar-refractivity contribution in [3.63, 3.8) is 0 Å². The molecule has 0 fully saturated rings. The minimum Gasteiger partial charge on any atom is -0.507 e. The SMILES string of the molecule is Oc1cc(Br)c(Sc2cc(Br)c(O)cc2Br)cc1Br. The summed E-state index contributed by atoms with van der Waals surface area (Å²) < 4.78 is 2.86. The molecule has 2 nitrogen and oxygen atoms in total. The lowest BCUT2D eigenvalue weighted by molar-refractivity contribution is 0.470. The molecule has 2 rings (SSSR count). The average Bonchev–Trinajstić information content (AvgIpc) is 2.32. The molecular weight excluding hydrogens is 528 g/mol. The zero-order chi connectivity index (χ0) is 14.2. The molecule has 19 heavy (non-hydrogen) atoms. The number of phenols is 2. The monoisotopic (exact) mass is 530 g/mol. The second-order valence-electron chi connectivity index (χ2n) is 3.57. The molecule has 0 bridgehead atoms. The van der Waals surface area contributed by atoms with E-state index in [1.165, 1.54) is 11.8 Å². The first kappa shape index (κ1) is 15.7. The first-order chi connectivity index (χ1) is 8.88. The molecule has 0 aromatic heterocycles. The van der Waals surface area contributed by atoms with Crippen molar-refractivity contribution in [2.45, 2.75) is 9.79 Å². The molecule has 0 unspecified atom stereocenters. The van der Waals surface area contributed by atoms with Crippen LogP contribution < -0.4 is 0 Å². The number of hydrogen-bond donors (Lipinski definition) is 2. The predicted octanol–water partition coefficient (Wildman–Crippen LogP) is 6.30. The molecule has 0 saturated heterocycles. The summed E-state index contributed by atoms with van der Waals surface area (Å²) in [4.78, 5) is 1.89.